The highest BCUT2D eigenvalue weighted by Crippen LogP contribution is 2.01. The van der Waals surface area contributed by atoms with Crippen LogP contribution in [0, 0.1) is 0 Å². The van der Waals surface area contributed by atoms with Gasteiger partial charge in [-0.05, 0) is 19.3 Å². The lowest BCUT2D eigenvalue weighted by atomic mass is 10.1. The number of hydrazine groups is 2. The van der Waals surface area contributed by atoms with E-state index >= 15 is 0 Å². The molecular weight excluding hydrogens is 250 g/mol. The van der Waals surface area contributed by atoms with E-state index in [1.165, 1.54) is 0 Å². The van der Waals surface area contributed by atoms with Gasteiger partial charge in [0, 0.05) is 13.0 Å². The Morgan fingerprint density at radius 1 is 1.11 bits per heavy atom. The first-order valence-corrected chi connectivity index (χ1v) is 6.79. The van der Waals surface area contributed by atoms with Gasteiger partial charge in [0.2, 0.25) is 0 Å². The van der Waals surface area contributed by atoms with Crippen molar-refractivity contribution in [1.29, 1.82) is 0 Å². The minimum absolute atomic E-state index is 0.233. The molecule has 0 fully saturated rings. The normalized spacial score (nSPS) is 10.2. The second-order valence-corrected chi connectivity index (χ2v) is 4.22. The first-order valence-electron chi connectivity index (χ1n) is 6.79. The molecule has 0 bridgehead atoms. The molecule has 0 aromatic rings. The molecule has 0 unspecified atom stereocenters. The summed E-state index contributed by atoms with van der Waals surface area (Å²) in [6, 6.07) is 0. The number of carbonyl (C=O) groups is 2. The minimum atomic E-state index is -0.745. The van der Waals surface area contributed by atoms with Crippen molar-refractivity contribution >= 4 is 12.1 Å². The molecule has 1 amide bonds. The van der Waals surface area contributed by atoms with Crippen LogP contribution in [-0.4, -0.2) is 30.3 Å². The van der Waals surface area contributed by atoms with Gasteiger partial charge in [-0.15, -0.1) is 0 Å². The second kappa shape index (κ2) is 13.1. The Bertz CT molecular complexity index is 249. The SMILES string of the molecule is CCCCOC(=O)NNNCCCCCCC(=O)O. The topological polar surface area (TPSA) is 99.7 Å². The molecule has 0 aromatic carbocycles. The summed E-state index contributed by atoms with van der Waals surface area (Å²) in [5, 5.41) is 8.44. The third-order valence-electron chi connectivity index (χ3n) is 2.43. The molecule has 0 aliphatic carbocycles. The van der Waals surface area contributed by atoms with Crippen molar-refractivity contribution in [2.75, 3.05) is 13.2 Å². The number of carboxylic acid groups (broad SMARTS) is 1. The van der Waals surface area contributed by atoms with Crippen LogP contribution in [0.3, 0.4) is 0 Å². The molecule has 0 radical (unpaired) electrons. The average Bonchev–Trinajstić information content (AvgIpc) is 2.36. The van der Waals surface area contributed by atoms with Crippen molar-refractivity contribution in [2.45, 2.75) is 51.9 Å². The van der Waals surface area contributed by atoms with Gasteiger partial charge in [-0.3, -0.25) is 4.79 Å². The Labute approximate surface area is 114 Å². The molecule has 0 spiro atoms. The number of nitrogens with one attached hydrogen (secondary N) is 3. The highest BCUT2D eigenvalue weighted by molar-refractivity contribution is 5.66. The third kappa shape index (κ3) is 14.6. The van der Waals surface area contributed by atoms with Crippen molar-refractivity contribution in [1.82, 2.24) is 16.4 Å². The lowest BCUT2D eigenvalue weighted by molar-refractivity contribution is -0.137. The summed E-state index contributed by atoms with van der Waals surface area (Å²) in [6.45, 7) is 3.15. The first-order chi connectivity index (χ1) is 9.16. The highest BCUT2D eigenvalue weighted by atomic mass is 16.6. The minimum Gasteiger partial charge on any atom is -0.481 e. The quantitative estimate of drug-likeness (QED) is 0.318. The van der Waals surface area contributed by atoms with Gasteiger partial charge >= 0.3 is 12.1 Å². The Morgan fingerprint density at radius 3 is 2.53 bits per heavy atom. The van der Waals surface area contributed by atoms with Crippen LogP contribution in [-0.2, 0) is 9.53 Å². The van der Waals surface area contributed by atoms with Crippen LogP contribution in [0.5, 0.6) is 0 Å². The Hall–Kier alpha value is -1.34. The number of aliphatic carboxylic acids is 1. The molecule has 4 N–H and O–H groups in total. The summed E-state index contributed by atoms with van der Waals surface area (Å²) >= 11 is 0. The zero-order valence-corrected chi connectivity index (χ0v) is 11.5. The average molecular weight is 275 g/mol. The number of amides is 1. The van der Waals surface area contributed by atoms with Gasteiger partial charge < -0.3 is 9.84 Å². The van der Waals surface area contributed by atoms with E-state index < -0.39 is 12.1 Å². The number of hydrogen-bond acceptors (Lipinski definition) is 5. The summed E-state index contributed by atoms with van der Waals surface area (Å²) in [6.07, 6.45) is 5.07. The van der Waals surface area contributed by atoms with Crippen LogP contribution in [0.2, 0.25) is 0 Å². The van der Waals surface area contributed by atoms with Crippen LogP contribution in [0.4, 0.5) is 4.79 Å². The van der Waals surface area contributed by atoms with Gasteiger partial charge in [0.1, 0.15) is 0 Å². The molecule has 19 heavy (non-hydrogen) atoms. The molecule has 0 saturated heterocycles. The molecule has 0 rings (SSSR count). The molecular formula is C12H25N3O4. The van der Waals surface area contributed by atoms with E-state index in [0.29, 0.717) is 19.6 Å². The van der Waals surface area contributed by atoms with Crippen molar-refractivity contribution in [2.24, 2.45) is 0 Å². The van der Waals surface area contributed by atoms with Gasteiger partial charge in [0.25, 0.3) is 0 Å². The maximum atomic E-state index is 11.1. The van der Waals surface area contributed by atoms with Crippen molar-refractivity contribution in [3.05, 3.63) is 0 Å². The molecule has 112 valence electrons. The fourth-order valence-electron chi connectivity index (χ4n) is 1.35. The van der Waals surface area contributed by atoms with E-state index in [1.807, 2.05) is 6.92 Å². The molecule has 0 atom stereocenters. The smallest absolute Gasteiger partial charge is 0.422 e. The molecule has 0 saturated carbocycles. The predicted molar refractivity (Wildman–Crippen MR) is 71.3 cm³/mol. The highest BCUT2D eigenvalue weighted by Gasteiger charge is 1.99. The Morgan fingerprint density at radius 2 is 1.84 bits per heavy atom. The molecule has 0 aliphatic rings. The largest absolute Gasteiger partial charge is 0.481 e. The van der Waals surface area contributed by atoms with Gasteiger partial charge in [-0.25, -0.2) is 15.6 Å². The first kappa shape index (κ1) is 17.7. The molecule has 0 aromatic heterocycles. The van der Waals surface area contributed by atoms with Crippen LogP contribution in [0.25, 0.3) is 0 Å². The monoisotopic (exact) mass is 275 g/mol. The molecule has 0 heterocycles. The lowest BCUT2D eigenvalue weighted by Crippen LogP contribution is -2.47. The zero-order chi connectivity index (χ0) is 14.3. The fourth-order valence-corrected chi connectivity index (χ4v) is 1.35. The number of ether oxygens (including phenoxy) is 1. The van der Waals surface area contributed by atoms with Crippen LogP contribution < -0.4 is 16.4 Å². The summed E-state index contributed by atoms with van der Waals surface area (Å²) < 4.78 is 4.86. The maximum Gasteiger partial charge on any atom is 0.422 e. The van der Waals surface area contributed by atoms with Crippen LogP contribution in [0.1, 0.15) is 51.9 Å². The lowest BCUT2D eigenvalue weighted by Gasteiger charge is -2.09. The summed E-state index contributed by atoms with van der Waals surface area (Å²) in [5.74, 6) is -0.745. The number of unbranched alkanes of at least 4 members (excludes halogenated alkanes) is 4. The predicted octanol–water partition coefficient (Wildman–Crippen LogP) is 1.56. The van der Waals surface area contributed by atoms with Crippen molar-refractivity contribution < 1.29 is 19.4 Å². The number of hydrogen-bond donors (Lipinski definition) is 4. The van der Waals surface area contributed by atoms with Crippen molar-refractivity contribution in [3.8, 4) is 0 Å². The number of carbonyl (C=O) groups excluding carboxylic acids is 1. The third-order valence-corrected chi connectivity index (χ3v) is 2.43. The zero-order valence-electron chi connectivity index (χ0n) is 11.5. The van der Waals surface area contributed by atoms with E-state index in [4.69, 9.17) is 9.84 Å². The number of rotatable bonds is 12. The fraction of sp³-hybridized carbons (Fsp3) is 0.833. The van der Waals surface area contributed by atoms with Crippen LogP contribution >= 0.6 is 0 Å². The Kier molecular flexibility index (Phi) is 12.2. The van der Waals surface area contributed by atoms with Gasteiger partial charge in [0.05, 0.1) is 6.61 Å². The van der Waals surface area contributed by atoms with E-state index in [1.54, 1.807) is 0 Å². The molecule has 7 heteroatoms. The maximum absolute atomic E-state index is 11.1. The summed E-state index contributed by atoms with van der Waals surface area (Å²) in [7, 11) is 0. The van der Waals surface area contributed by atoms with E-state index in [2.05, 4.69) is 16.4 Å². The Balaban J connectivity index is 3.13. The van der Waals surface area contributed by atoms with Gasteiger partial charge in [-0.1, -0.05) is 26.2 Å². The van der Waals surface area contributed by atoms with Gasteiger partial charge in [-0.2, -0.15) is 5.53 Å². The van der Waals surface area contributed by atoms with E-state index in [-0.39, 0.29) is 6.42 Å². The molecule has 7 nitrogen and oxygen atoms in total. The van der Waals surface area contributed by atoms with E-state index in [9.17, 15) is 9.59 Å². The number of carboxylic acids is 1. The van der Waals surface area contributed by atoms with Crippen LogP contribution in [0.15, 0.2) is 0 Å². The van der Waals surface area contributed by atoms with E-state index in [0.717, 1.165) is 32.1 Å². The summed E-state index contributed by atoms with van der Waals surface area (Å²) in [5.41, 5.74) is 7.74. The van der Waals surface area contributed by atoms with Gasteiger partial charge in [0.15, 0.2) is 0 Å². The summed E-state index contributed by atoms with van der Waals surface area (Å²) in [4.78, 5) is 21.3. The second-order valence-electron chi connectivity index (χ2n) is 4.22. The standard InChI is InChI=1S/C12H25N3O4/c1-2-3-10-19-12(18)14-15-13-9-7-5-4-6-8-11(16)17/h13,15H,2-10H2,1H3,(H,14,18)(H,16,17). The molecule has 0 aliphatic heterocycles. The van der Waals surface area contributed by atoms with Crippen molar-refractivity contribution in [3.63, 3.8) is 0 Å².